The molecule has 0 aromatic heterocycles. The Morgan fingerprint density at radius 2 is 1.33 bits per heavy atom. The second-order valence-electron chi connectivity index (χ2n) is 6.20. The van der Waals surface area contributed by atoms with Crippen LogP contribution in [0, 0.1) is 11.8 Å². The van der Waals surface area contributed by atoms with Crippen molar-refractivity contribution in [2.24, 2.45) is 11.8 Å². The highest BCUT2D eigenvalue weighted by atomic mass is 16.7. The fourth-order valence-electron chi connectivity index (χ4n) is 4.40. The van der Waals surface area contributed by atoms with E-state index in [9.17, 15) is 9.59 Å². The highest BCUT2D eigenvalue weighted by Gasteiger charge is 2.84. The van der Waals surface area contributed by atoms with Crippen LogP contribution in [0.15, 0.2) is 0 Å². The van der Waals surface area contributed by atoms with Crippen LogP contribution in [0.4, 0.5) is 0 Å². The van der Waals surface area contributed by atoms with Crippen LogP contribution >= 0.6 is 0 Å². The van der Waals surface area contributed by atoms with Crippen LogP contribution in [0.25, 0.3) is 0 Å². The molecule has 4 unspecified atom stereocenters. The van der Waals surface area contributed by atoms with E-state index in [1.807, 2.05) is 6.92 Å². The molecular weight excluding hydrogens is 240 g/mol. The number of ether oxygens (including phenoxy) is 4. The minimum atomic E-state index is -0.825. The predicted molar refractivity (Wildman–Crippen MR) is 53.3 cm³/mol. The highest BCUT2D eigenvalue weighted by Crippen LogP contribution is 2.64. The number of esters is 2. The Hall–Kier alpha value is -1.14. The third kappa shape index (κ3) is 0.679. The lowest BCUT2D eigenvalue weighted by molar-refractivity contribution is -0.372. The van der Waals surface area contributed by atoms with Gasteiger partial charge in [-0.1, -0.05) is 0 Å². The van der Waals surface area contributed by atoms with Crippen molar-refractivity contribution in [3.8, 4) is 0 Å². The molecule has 4 aliphatic heterocycles. The van der Waals surface area contributed by atoms with E-state index >= 15 is 0 Å². The zero-order valence-corrected chi connectivity index (χ0v) is 9.91. The summed E-state index contributed by atoms with van der Waals surface area (Å²) < 4.78 is 23.0. The molecule has 0 aromatic carbocycles. The van der Waals surface area contributed by atoms with Crippen molar-refractivity contribution in [2.75, 3.05) is 0 Å². The van der Waals surface area contributed by atoms with Crippen LogP contribution in [0.3, 0.4) is 0 Å². The minimum Gasteiger partial charge on any atom is -0.456 e. The topological polar surface area (TPSA) is 71.1 Å². The summed E-state index contributed by atoms with van der Waals surface area (Å²) in [6.07, 6.45) is -1.77. The average Bonchev–Trinajstić information content (AvgIpc) is 2.51. The Bertz CT molecular complexity index is 479. The quantitative estimate of drug-likeness (QED) is 0.536. The van der Waals surface area contributed by atoms with Gasteiger partial charge in [-0.15, -0.1) is 0 Å². The maximum atomic E-state index is 12.1. The zero-order valence-electron chi connectivity index (χ0n) is 9.91. The van der Waals surface area contributed by atoms with Gasteiger partial charge in [-0.2, -0.15) is 0 Å². The van der Waals surface area contributed by atoms with Gasteiger partial charge in [-0.3, -0.25) is 9.59 Å². The van der Waals surface area contributed by atoms with Gasteiger partial charge in [0, 0.05) is 0 Å². The predicted octanol–water partition coefficient (Wildman–Crippen LogP) is -0.602. The van der Waals surface area contributed by atoms with Crippen molar-refractivity contribution in [3.63, 3.8) is 0 Å². The first kappa shape index (κ1) is 9.75. The maximum Gasteiger partial charge on any atom is 0.315 e. The minimum absolute atomic E-state index is 0.303. The Morgan fingerprint density at radius 3 is 1.89 bits per heavy atom. The van der Waals surface area contributed by atoms with E-state index in [1.165, 1.54) is 0 Å². The Labute approximate surface area is 103 Å². The fraction of sp³-hybridized carbons (Fsp3) is 0.833. The van der Waals surface area contributed by atoms with Crippen LogP contribution < -0.4 is 0 Å². The van der Waals surface area contributed by atoms with Crippen molar-refractivity contribution < 1.29 is 28.5 Å². The van der Waals surface area contributed by atoms with Gasteiger partial charge in [0.1, 0.15) is 23.5 Å². The molecule has 0 spiro atoms. The standard InChI is InChI=1S/C12H12O6/c1-11-3-5-4(11)10(14)16-8-6(18-11)7(15-9(3)13)12(8,2)17-5/h3-8H,1-2H3. The van der Waals surface area contributed by atoms with Crippen LogP contribution in [0.2, 0.25) is 0 Å². The van der Waals surface area contributed by atoms with Crippen molar-refractivity contribution in [2.45, 2.75) is 49.5 Å². The number of carbonyl (C=O) groups excluding carboxylic acids is 2. The molecule has 6 fully saturated rings. The third-order valence-electron chi connectivity index (χ3n) is 5.39. The molecule has 8 bridgehead atoms. The van der Waals surface area contributed by atoms with Crippen molar-refractivity contribution in [3.05, 3.63) is 0 Å². The molecular formula is C12H12O6. The fourth-order valence-corrected chi connectivity index (χ4v) is 4.40. The maximum absolute atomic E-state index is 12.1. The number of hydrogen-bond acceptors (Lipinski definition) is 6. The lowest BCUT2D eigenvalue weighted by atomic mass is 9.58. The first-order valence-corrected chi connectivity index (χ1v) is 6.23. The van der Waals surface area contributed by atoms with E-state index in [1.54, 1.807) is 6.92 Å². The van der Waals surface area contributed by atoms with Gasteiger partial charge in [0.2, 0.25) is 0 Å². The molecule has 2 aliphatic carbocycles. The van der Waals surface area contributed by atoms with Crippen molar-refractivity contribution in [1.29, 1.82) is 0 Å². The van der Waals surface area contributed by atoms with Gasteiger partial charge in [0.25, 0.3) is 0 Å². The number of carbonyl (C=O) groups is 2. The second-order valence-corrected chi connectivity index (χ2v) is 6.20. The SMILES string of the molecule is CC12OC3C4C(=O)OC1C1OC4(C)C3C(=O)OC12. The van der Waals surface area contributed by atoms with E-state index in [4.69, 9.17) is 18.9 Å². The molecule has 4 heterocycles. The zero-order chi connectivity index (χ0) is 12.4. The van der Waals surface area contributed by atoms with Gasteiger partial charge in [-0.05, 0) is 13.8 Å². The van der Waals surface area contributed by atoms with E-state index in [-0.39, 0.29) is 18.0 Å². The van der Waals surface area contributed by atoms with E-state index in [0.717, 1.165) is 0 Å². The summed E-state index contributed by atoms with van der Waals surface area (Å²) in [7, 11) is 0. The van der Waals surface area contributed by atoms with Gasteiger partial charge < -0.3 is 18.9 Å². The smallest absolute Gasteiger partial charge is 0.315 e. The molecule has 6 nitrogen and oxygen atoms in total. The molecule has 0 N–H and O–H groups in total. The third-order valence-corrected chi connectivity index (χ3v) is 5.39. The van der Waals surface area contributed by atoms with Crippen molar-refractivity contribution in [1.82, 2.24) is 0 Å². The first-order chi connectivity index (χ1) is 8.47. The summed E-state index contributed by atoms with van der Waals surface area (Å²) in [6.45, 7) is 3.62. The molecule has 2 saturated carbocycles. The number of fused-ring (bicyclic) bond motifs is 2. The van der Waals surface area contributed by atoms with Gasteiger partial charge >= 0.3 is 11.9 Å². The van der Waals surface area contributed by atoms with Crippen LogP contribution in [0.5, 0.6) is 0 Å². The first-order valence-electron chi connectivity index (χ1n) is 6.23. The molecule has 0 aromatic rings. The molecule has 0 amide bonds. The average molecular weight is 252 g/mol. The summed E-state index contributed by atoms with van der Waals surface area (Å²) in [5, 5.41) is 0. The Balaban J connectivity index is 1.79. The van der Waals surface area contributed by atoms with Crippen molar-refractivity contribution >= 4 is 11.9 Å². The summed E-state index contributed by atoms with van der Waals surface area (Å²) >= 11 is 0. The van der Waals surface area contributed by atoms with Crippen LogP contribution in [-0.2, 0) is 28.5 Å². The highest BCUT2D eigenvalue weighted by molar-refractivity contribution is 5.87. The number of rotatable bonds is 0. The Kier molecular flexibility index (Phi) is 1.26. The van der Waals surface area contributed by atoms with Gasteiger partial charge in [0.05, 0.1) is 11.7 Å². The second kappa shape index (κ2) is 2.32. The van der Waals surface area contributed by atoms with Gasteiger partial charge in [-0.25, -0.2) is 0 Å². The van der Waals surface area contributed by atoms with E-state index in [0.29, 0.717) is 0 Å². The Morgan fingerprint density at radius 1 is 0.833 bits per heavy atom. The van der Waals surface area contributed by atoms with E-state index < -0.39 is 41.3 Å². The molecule has 6 rings (SSSR count). The summed E-state index contributed by atoms with van der Waals surface area (Å²) in [5.41, 5.74) is -1.57. The van der Waals surface area contributed by atoms with Crippen LogP contribution in [0.1, 0.15) is 13.8 Å². The van der Waals surface area contributed by atoms with Crippen LogP contribution in [-0.4, -0.2) is 47.6 Å². The van der Waals surface area contributed by atoms with Gasteiger partial charge in [0.15, 0.2) is 12.2 Å². The molecule has 6 heteroatoms. The lowest BCUT2D eigenvalue weighted by Crippen LogP contribution is -2.79. The lowest BCUT2D eigenvalue weighted by Gasteiger charge is -2.61. The molecule has 4 saturated heterocycles. The molecule has 96 valence electrons. The summed E-state index contributed by atoms with van der Waals surface area (Å²) in [4.78, 5) is 24.2. The molecule has 0 radical (unpaired) electrons. The monoisotopic (exact) mass is 252 g/mol. The normalized spacial score (nSPS) is 66.3. The number of hydrogen-bond donors (Lipinski definition) is 0. The van der Waals surface area contributed by atoms with E-state index in [2.05, 4.69) is 0 Å². The molecule has 6 aliphatic rings. The molecule has 18 heavy (non-hydrogen) atoms. The largest absolute Gasteiger partial charge is 0.456 e. The molecule has 4 atom stereocenters. The summed E-state index contributed by atoms with van der Waals surface area (Å²) in [6, 6.07) is 0. The summed E-state index contributed by atoms with van der Waals surface area (Å²) in [5.74, 6) is -1.63.